The van der Waals surface area contributed by atoms with E-state index in [1.165, 1.54) is 37.1 Å². The number of hydrogen-bond donors (Lipinski definition) is 0. The summed E-state index contributed by atoms with van der Waals surface area (Å²) in [6.45, 7) is 2.68. The van der Waals surface area contributed by atoms with Gasteiger partial charge in [0.1, 0.15) is 0 Å². The van der Waals surface area contributed by atoms with E-state index in [4.69, 9.17) is 0 Å². The van der Waals surface area contributed by atoms with Crippen LogP contribution in [0.15, 0.2) is 212 Å². The van der Waals surface area contributed by atoms with Crippen molar-refractivity contribution in [1.82, 2.24) is 0 Å². The van der Waals surface area contributed by atoms with E-state index in [0.29, 0.717) is 0 Å². The second-order valence-electron chi connectivity index (χ2n) is 11.9. The first-order valence-electron chi connectivity index (χ1n) is 16.2. The predicted molar refractivity (Wildman–Crippen MR) is 213 cm³/mol. The summed E-state index contributed by atoms with van der Waals surface area (Å²) in [6, 6.07) is 80.2. The molecule has 7 aromatic rings. The van der Waals surface area contributed by atoms with Gasteiger partial charge in [-0.25, -0.2) is 0 Å². The van der Waals surface area contributed by atoms with Crippen LogP contribution in [0.5, 0.6) is 0 Å². The standard InChI is InChI=1S/C44H39P3/c1-44(45(37-23-9-2-10-24-37)38-25-11-3-12-26-38,46(39-27-13-4-14-28-39)40-29-15-5-16-30-40)47(41-31-17-6-18-32-41,42-33-19-7-20-34-42)43-35-21-8-22-36-43/h2-36,47H,1H3. The van der Waals surface area contributed by atoms with Crippen molar-refractivity contribution in [2.45, 2.75) is 11.6 Å². The van der Waals surface area contributed by atoms with Crippen LogP contribution < -0.4 is 37.1 Å². The first-order chi connectivity index (χ1) is 23.2. The molecule has 3 heteroatoms. The van der Waals surface area contributed by atoms with Crippen LogP contribution in [0, 0.1) is 0 Å². The average Bonchev–Trinajstić information content (AvgIpc) is 3.15. The van der Waals surface area contributed by atoms with E-state index in [9.17, 15) is 0 Å². The zero-order valence-corrected chi connectivity index (χ0v) is 29.4. The van der Waals surface area contributed by atoms with Crippen molar-refractivity contribution in [1.29, 1.82) is 0 Å². The molecule has 47 heavy (non-hydrogen) atoms. The summed E-state index contributed by atoms with van der Waals surface area (Å²) in [5.41, 5.74) is 0. The van der Waals surface area contributed by atoms with Gasteiger partial charge in [-0.2, -0.15) is 0 Å². The fourth-order valence-electron chi connectivity index (χ4n) is 7.43. The van der Waals surface area contributed by atoms with Gasteiger partial charge in [0.15, 0.2) is 0 Å². The van der Waals surface area contributed by atoms with Crippen molar-refractivity contribution in [2.75, 3.05) is 0 Å². The molecule has 0 saturated heterocycles. The van der Waals surface area contributed by atoms with Crippen molar-refractivity contribution in [3.05, 3.63) is 212 Å². The Morgan fingerprint density at radius 3 is 0.702 bits per heavy atom. The van der Waals surface area contributed by atoms with Gasteiger partial charge in [0.05, 0.1) is 0 Å². The molecule has 0 radical (unpaired) electrons. The molecule has 0 spiro atoms. The van der Waals surface area contributed by atoms with E-state index in [-0.39, 0.29) is 4.64 Å². The van der Waals surface area contributed by atoms with Crippen molar-refractivity contribution < 1.29 is 0 Å². The number of hydrogen-bond acceptors (Lipinski definition) is 0. The molecule has 0 atom stereocenters. The third-order valence-electron chi connectivity index (χ3n) is 9.26. The Morgan fingerprint density at radius 2 is 0.489 bits per heavy atom. The van der Waals surface area contributed by atoms with Gasteiger partial charge in [-0.05, 0) is 0 Å². The van der Waals surface area contributed by atoms with Crippen LogP contribution in [0.1, 0.15) is 6.92 Å². The van der Waals surface area contributed by atoms with Gasteiger partial charge >= 0.3 is 284 Å². The average molecular weight is 661 g/mol. The summed E-state index contributed by atoms with van der Waals surface area (Å²) in [4.78, 5) is 0. The van der Waals surface area contributed by atoms with Gasteiger partial charge in [-0.15, -0.1) is 0 Å². The van der Waals surface area contributed by atoms with Gasteiger partial charge in [0.25, 0.3) is 0 Å². The molecule has 0 N–H and O–H groups in total. The molecule has 0 nitrogen and oxygen atoms in total. The molecule has 0 amide bonds. The Labute approximate surface area is 283 Å². The molecule has 7 rings (SSSR count). The van der Waals surface area contributed by atoms with E-state index in [1.807, 2.05) is 0 Å². The quantitative estimate of drug-likeness (QED) is 0.129. The summed E-state index contributed by atoms with van der Waals surface area (Å²) in [7, 11) is -4.88. The molecule has 0 heterocycles. The predicted octanol–water partition coefficient (Wildman–Crippen LogP) is 8.65. The molecular weight excluding hydrogens is 621 g/mol. The van der Waals surface area contributed by atoms with Gasteiger partial charge in [0.2, 0.25) is 0 Å². The zero-order chi connectivity index (χ0) is 31.9. The van der Waals surface area contributed by atoms with Crippen molar-refractivity contribution in [3.63, 3.8) is 0 Å². The van der Waals surface area contributed by atoms with Crippen LogP contribution in [-0.2, 0) is 0 Å². The molecular formula is C44H39P3. The van der Waals surface area contributed by atoms with E-state index >= 15 is 0 Å². The summed E-state index contributed by atoms with van der Waals surface area (Å²) in [6.07, 6.45) is 0. The maximum absolute atomic E-state index is 2.98. The summed E-state index contributed by atoms with van der Waals surface area (Å²) in [5, 5.41) is 9.98. The molecule has 7 aromatic carbocycles. The molecule has 230 valence electrons. The molecule has 0 saturated carbocycles. The Morgan fingerprint density at radius 1 is 0.298 bits per heavy atom. The van der Waals surface area contributed by atoms with Gasteiger partial charge < -0.3 is 0 Å². The fraction of sp³-hybridized carbons (Fsp3) is 0.0455. The Bertz CT molecular complexity index is 1710. The third kappa shape index (κ3) is 5.81. The minimum absolute atomic E-state index is 0.257. The monoisotopic (exact) mass is 660 g/mol. The van der Waals surface area contributed by atoms with Crippen molar-refractivity contribution in [2.24, 2.45) is 0 Å². The van der Waals surface area contributed by atoms with Gasteiger partial charge in [-0.3, -0.25) is 0 Å². The van der Waals surface area contributed by atoms with Crippen LogP contribution in [0.3, 0.4) is 0 Å². The van der Waals surface area contributed by atoms with Crippen LogP contribution in [0.4, 0.5) is 0 Å². The summed E-state index contributed by atoms with van der Waals surface area (Å²) in [5.74, 6) is 0. The normalized spacial score (nSPS) is 12.2. The molecule has 0 unspecified atom stereocenters. The Kier molecular flexibility index (Phi) is 9.56. The summed E-state index contributed by atoms with van der Waals surface area (Å²) >= 11 is 0. The van der Waals surface area contributed by atoms with Crippen molar-refractivity contribution >= 4 is 60.2 Å². The first-order valence-corrected chi connectivity index (χ1v) is 20.9. The Balaban J connectivity index is 1.74. The van der Waals surface area contributed by atoms with Gasteiger partial charge in [0, 0.05) is 0 Å². The minimum atomic E-state index is -2.98. The van der Waals surface area contributed by atoms with E-state index in [0.717, 1.165) is 0 Å². The van der Waals surface area contributed by atoms with Crippen molar-refractivity contribution in [3.8, 4) is 0 Å². The SMILES string of the molecule is CC(P(c1ccccc1)c1ccccc1)(P(c1ccccc1)c1ccccc1)[PH](c1ccccc1)(c1ccccc1)c1ccccc1. The Hall–Kier alpha value is -4.17. The second-order valence-corrected chi connectivity index (χ2v) is 22.5. The van der Waals surface area contributed by atoms with Crippen LogP contribution >= 0.6 is 23.1 Å². The van der Waals surface area contributed by atoms with E-state index in [1.54, 1.807) is 0 Å². The summed E-state index contributed by atoms with van der Waals surface area (Å²) < 4.78 is -0.257. The molecule has 0 fully saturated rings. The van der Waals surface area contributed by atoms with E-state index < -0.39 is 23.1 Å². The molecule has 0 bridgehead atoms. The molecule has 0 aliphatic carbocycles. The van der Waals surface area contributed by atoms with Gasteiger partial charge in [-0.1, -0.05) is 0 Å². The second kappa shape index (κ2) is 14.3. The zero-order valence-electron chi connectivity index (χ0n) is 26.6. The molecule has 0 aliphatic rings. The molecule has 0 aliphatic heterocycles. The fourth-order valence-corrected chi connectivity index (χ4v) is 25.4. The number of rotatable bonds is 10. The van der Waals surface area contributed by atoms with Crippen LogP contribution in [0.2, 0.25) is 0 Å². The third-order valence-corrected chi connectivity index (χ3v) is 23.8. The van der Waals surface area contributed by atoms with E-state index in [2.05, 4.69) is 219 Å². The van der Waals surface area contributed by atoms with Crippen LogP contribution in [-0.4, -0.2) is 4.64 Å². The molecule has 0 aromatic heterocycles. The maximum atomic E-state index is 2.68. The number of benzene rings is 7. The topological polar surface area (TPSA) is 0 Å². The van der Waals surface area contributed by atoms with Crippen LogP contribution in [0.25, 0.3) is 0 Å². The first kappa shape index (κ1) is 31.4.